The fourth-order valence-corrected chi connectivity index (χ4v) is 4.94. The SMILES string of the molecule is O=C(c1ccc(N2CC[C@@H](N3CCCCC3)C2)nc1)N1CCc2ccccc21. The molecule has 0 N–H and O–H groups in total. The predicted molar refractivity (Wildman–Crippen MR) is 112 cm³/mol. The summed E-state index contributed by atoms with van der Waals surface area (Å²) in [6.07, 6.45) is 7.96. The zero-order chi connectivity index (χ0) is 18.9. The third-order valence-electron chi connectivity index (χ3n) is 6.52. The van der Waals surface area contributed by atoms with E-state index < -0.39 is 0 Å². The number of likely N-dealkylation sites (tertiary alicyclic amines) is 1. The first-order valence-electron chi connectivity index (χ1n) is 10.6. The molecule has 1 aromatic heterocycles. The Morgan fingerprint density at radius 1 is 0.964 bits per heavy atom. The van der Waals surface area contributed by atoms with Crippen LogP contribution in [0.15, 0.2) is 42.6 Å². The largest absolute Gasteiger partial charge is 0.355 e. The summed E-state index contributed by atoms with van der Waals surface area (Å²) in [7, 11) is 0. The number of amides is 1. The lowest BCUT2D eigenvalue weighted by molar-refractivity contribution is 0.0989. The number of para-hydroxylation sites is 1. The molecule has 1 aromatic carbocycles. The molecule has 3 aliphatic heterocycles. The van der Waals surface area contributed by atoms with Crippen LogP contribution >= 0.6 is 0 Å². The van der Waals surface area contributed by atoms with Gasteiger partial charge in [0, 0.05) is 37.6 Å². The first kappa shape index (κ1) is 17.7. The molecule has 0 spiro atoms. The molecule has 2 saturated heterocycles. The molecule has 0 radical (unpaired) electrons. The van der Waals surface area contributed by atoms with Crippen LogP contribution in [0.1, 0.15) is 41.6 Å². The summed E-state index contributed by atoms with van der Waals surface area (Å²) in [5.41, 5.74) is 2.97. The highest BCUT2D eigenvalue weighted by Crippen LogP contribution is 2.29. The second-order valence-corrected chi connectivity index (χ2v) is 8.23. The van der Waals surface area contributed by atoms with Crippen molar-refractivity contribution in [1.82, 2.24) is 9.88 Å². The van der Waals surface area contributed by atoms with Gasteiger partial charge >= 0.3 is 0 Å². The van der Waals surface area contributed by atoms with Crippen LogP contribution in [0.4, 0.5) is 11.5 Å². The van der Waals surface area contributed by atoms with Crippen LogP contribution in [0.5, 0.6) is 0 Å². The van der Waals surface area contributed by atoms with Gasteiger partial charge in [-0.2, -0.15) is 0 Å². The summed E-state index contributed by atoms with van der Waals surface area (Å²) in [6, 6.07) is 12.8. The highest BCUT2D eigenvalue weighted by atomic mass is 16.2. The third kappa shape index (κ3) is 3.28. The Bertz CT molecular complexity index is 844. The molecule has 1 amide bonds. The van der Waals surface area contributed by atoms with Gasteiger partial charge in [-0.1, -0.05) is 24.6 Å². The van der Waals surface area contributed by atoms with Crippen LogP contribution in [0.25, 0.3) is 0 Å². The standard InChI is InChI=1S/C23H28N4O/c28-23(27-15-10-18-6-2-3-7-21(18)27)19-8-9-22(24-16-19)26-14-11-20(17-26)25-12-4-1-5-13-25/h2-3,6-9,16,20H,1,4-5,10-15,17H2/t20-/m1/s1. The highest BCUT2D eigenvalue weighted by Gasteiger charge is 2.30. The summed E-state index contributed by atoms with van der Waals surface area (Å²) in [5.74, 6) is 1.05. The van der Waals surface area contributed by atoms with Crippen molar-refractivity contribution >= 4 is 17.4 Å². The normalized spacial score (nSPS) is 22.5. The topological polar surface area (TPSA) is 39.7 Å². The number of pyridine rings is 1. The van der Waals surface area contributed by atoms with Crippen LogP contribution in [-0.4, -0.2) is 54.6 Å². The average molecular weight is 377 g/mol. The van der Waals surface area contributed by atoms with E-state index in [1.807, 2.05) is 35.2 Å². The molecule has 2 aromatic rings. The molecule has 146 valence electrons. The first-order chi connectivity index (χ1) is 13.8. The lowest BCUT2D eigenvalue weighted by atomic mass is 10.1. The van der Waals surface area contributed by atoms with Crippen LogP contribution in [0.3, 0.4) is 0 Å². The number of rotatable bonds is 3. The third-order valence-corrected chi connectivity index (χ3v) is 6.52. The minimum Gasteiger partial charge on any atom is -0.355 e. The van der Waals surface area contributed by atoms with Gasteiger partial charge in [0.05, 0.1) is 5.56 Å². The smallest absolute Gasteiger partial charge is 0.259 e. The van der Waals surface area contributed by atoms with E-state index in [1.54, 1.807) is 6.20 Å². The molecular formula is C23H28N4O. The van der Waals surface area contributed by atoms with Crippen molar-refractivity contribution in [2.75, 3.05) is 42.5 Å². The number of piperidine rings is 1. The Morgan fingerprint density at radius 3 is 2.64 bits per heavy atom. The van der Waals surface area contributed by atoms with E-state index in [2.05, 4.69) is 20.9 Å². The second-order valence-electron chi connectivity index (χ2n) is 8.23. The second kappa shape index (κ2) is 7.55. The van der Waals surface area contributed by atoms with Crippen molar-refractivity contribution < 1.29 is 4.79 Å². The van der Waals surface area contributed by atoms with Crippen LogP contribution in [-0.2, 0) is 6.42 Å². The first-order valence-corrected chi connectivity index (χ1v) is 10.6. The van der Waals surface area contributed by atoms with Crippen molar-refractivity contribution in [2.45, 2.75) is 38.1 Å². The lowest BCUT2D eigenvalue weighted by Crippen LogP contribution is -2.41. The van der Waals surface area contributed by atoms with E-state index in [1.165, 1.54) is 44.3 Å². The number of carbonyl (C=O) groups is 1. The number of carbonyl (C=O) groups excluding carboxylic acids is 1. The average Bonchev–Trinajstić information content (AvgIpc) is 3.42. The molecular weight excluding hydrogens is 348 g/mol. The molecule has 0 bridgehead atoms. The number of anilines is 2. The van der Waals surface area contributed by atoms with Gasteiger partial charge in [-0.3, -0.25) is 9.69 Å². The summed E-state index contributed by atoms with van der Waals surface area (Å²) >= 11 is 0. The van der Waals surface area contributed by atoms with Crippen LogP contribution in [0.2, 0.25) is 0 Å². The van der Waals surface area contributed by atoms with E-state index in [4.69, 9.17) is 0 Å². The maximum atomic E-state index is 13.0. The van der Waals surface area contributed by atoms with Crippen molar-refractivity contribution in [3.05, 3.63) is 53.7 Å². The highest BCUT2D eigenvalue weighted by molar-refractivity contribution is 6.07. The molecule has 5 rings (SSSR count). The summed E-state index contributed by atoms with van der Waals surface area (Å²) in [4.78, 5) is 24.5. The Kier molecular flexibility index (Phi) is 4.77. The van der Waals surface area contributed by atoms with Crippen molar-refractivity contribution in [1.29, 1.82) is 0 Å². The number of fused-ring (bicyclic) bond motifs is 1. The van der Waals surface area contributed by atoms with E-state index in [0.29, 0.717) is 11.6 Å². The van der Waals surface area contributed by atoms with E-state index >= 15 is 0 Å². The number of aromatic nitrogens is 1. The molecule has 0 aliphatic carbocycles. The van der Waals surface area contributed by atoms with E-state index in [-0.39, 0.29) is 5.91 Å². The molecule has 28 heavy (non-hydrogen) atoms. The lowest BCUT2D eigenvalue weighted by Gasteiger charge is -2.32. The van der Waals surface area contributed by atoms with Crippen LogP contribution < -0.4 is 9.80 Å². The summed E-state index contributed by atoms with van der Waals surface area (Å²) in [6.45, 7) is 5.36. The van der Waals surface area contributed by atoms with Gasteiger partial charge < -0.3 is 9.80 Å². The fraction of sp³-hybridized carbons (Fsp3) is 0.478. The van der Waals surface area contributed by atoms with Gasteiger partial charge in [0.1, 0.15) is 5.82 Å². The van der Waals surface area contributed by atoms with Crippen molar-refractivity contribution in [3.8, 4) is 0 Å². The Balaban J connectivity index is 1.26. The van der Waals surface area contributed by atoms with Gasteiger partial charge in [-0.15, -0.1) is 0 Å². The van der Waals surface area contributed by atoms with E-state index in [9.17, 15) is 4.79 Å². The molecule has 3 aliphatic rings. The number of hydrogen-bond donors (Lipinski definition) is 0. The molecule has 4 heterocycles. The number of hydrogen-bond acceptors (Lipinski definition) is 4. The van der Waals surface area contributed by atoms with Gasteiger partial charge in [0.15, 0.2) is 0 Å². The quantitative estimate of drug-likeness (QED) is 0.824. The number of nitrogens with zero attached hydrogens (tertiary/aromatic N) is 4. The maximum absolute atomic E-state index is 13.0. The summed E-state index contributed by atoms with van der Waals surface area (Å²) in [5, 5.41) is 0. The van der Waals surface area contributed by atoms with Gasteiger partial charge in [-0.25, -0.2) is 4.98 Å². The predicted octanol–water partition coefficient (Wildman–Crippen LogP) is 3.35. The van der Waals surface area contributed by atoms with Gasteiger partial charge in [-0.05, 0) is 62.5 Å². The zero-order valence-corrected chi connectivity index (χ0v) is 16.4. The Hall–Kier alpha value is -2.40. The van der Waals surface area contributed by atoms with Crippen molar-refractivity contribution in [3.63, 3.8) is 0 Å². The van der Waals surface area contributed by atoms with Crippen LogP contribution in [0, 0.1) is 0 Å². The van der Waals surface area contributed by atoms with E-state index in [0.717, 1.165) is 37.6 Å². The summed E-state index contributed by atoms with van der Waals surface area (Å²) < 4.78 is 0. The monoisotopic (exact) mass is 376 g/mol. The Labute approximate surface area is 167 Å². The molecule has 1 atom stereocenters. The molecule has 5 heteroatoms. The fourth-order valence-electron chi connectivity index (χ4n) is 4.94. The van der Waals surface area contributed by atoms with Crippen molar-refractivity contribution in [2.24, 2.45) is 0 Å². The molecule has 2 fully saturated rings. The van der Waals surface area contributed by atoms with Gasteiger partial charge in [0.2, 0.25) is 0 Å². The molecule has 0 unspecified atom stereocenters. The Morgan fingerprint density at radius 2 is 1.82 bits per heavy atom. The molecule has 5 nitrogen and oxygen atoms in total. The number of benzene rings is 1. The minimum absolute atomic E-state index is 0.0524. The zero-order valence-electron chi connectivity index (χ0n) is 16.4. The van der Waals surface area contributed by atoms with Gasteiger partial charge in [0.25, 0.3) is 5.91 Å². The minimum atomic E-state index is 0.0524. The maximum Gasteiger partial charge on any atom is 0.259 e. The molecule has 0 saturated carbocycles.